The van der Waals surface area contributed by atoms with Gasteiger partial charge >= 0.3 is 5.97 Å². The average Bonchev–Trinajstić information content (AvgIpc) is 2.88. The number of carbonyl (C=O) groups is 3. The van der Waals surface area contributed by atoms with Crippen molar-refractivity contribution < 1.29 is 19.5 Å². The van der Waals surface area contributed by atoms with Crippen molar-refractivity contribution in [1.82, 2.24) is 5.32 Å². The number of hydrogen-bond donors (Lipinski definition) is 3. The predicted molar refractivity (Wildman–Crippen MR) is 62.2 cm³/mol. The summed E-state index contributed by atoms with van der Waals surface area (Å²) in [5.41, 5.74) is 4.96. The molecule has 6 nitrogen and oxygen atoms in total. The van der Waals surface area contributed by atoms with Gasteiger partial charge in [-0.15, -0.1) is 0 Å². The minimum absolute atomic E-state index is 0.172. The second-order valence-corrected chi connectivity index (χ2v) is 4.96. The molecule has 1 fully saturated rings. The summed E-state index contributed by atoms with van der Waals surface area (Å²) in [4.78, 5) is 33.6. The normalized spacial score (nSPS) is 30.1. The number of carbonyl (C=O) groups excluding carboxylic acids is 2. The zero-order valence-corrected chi connectivity index (χ0v) is 9.83. The molecule has 0 aromatic rings. The predicted octanol–water partition coefficient (Wildman–Crippen LogP) is -0.357. The SMILES string of the molecule is NC(=O)CC(NC(=O)C1CC2C=CC1C2)C(=O)O. The highest BCUT2D eigenvalue weighted by atomic mass is 16.4. The summed E-state index contributed by atoms with van der Waals surface area (Å²) >= 11 is 0. The number of aliphatic carboxylic acids is 1. The van der Waals surface area contributed by atoms with Crippen molar-refractivity contribution in [2.75, 3.05) is 0 Å². The Hall–Kier alpha value is -1.85. The highest BCUT2D eigenvalue weighted by molar-refractivity contribution is 5.89. The Labute approximate surface area is 104 Å². The quantitative estimate of drug-likeness (QED) is 0.580. The van der Waals surface area contributed by atoms with E-state index in [0.29, 0.717) is 5.92 Å². The largest absolute Gasteiger partial charge is 0.480 e. The van der Waals surface area contributed by atoms with Crippen LogP contribution in [0.2, 0.25) is 0 Å². The lowest BCUT2D eigenvalue weighted by Crippen LogP contribution is -2.46. The number of allylic oxidation sites excluding steroid dienone is 2. The molecule has 0 aromatic carbocycles. The fourth-order valence-electron chi connectivity index (χ4n) is 2.76. The lowest BCUT2D eigenvalue weighted by atomic mass is 9.92. The van der Waals surface area contributed by atoms with Gasteiger partial charge in [0.05, 0.1) is 6.42 Å². The summed E-state index contributed by atoms with van der Waals surface area (Å²) in [5.74, 6) is -1.80. The Morgan fingerprint density at radius 2 is 2.06 bits per heavy atom. The number of carboxylic acid groups (broad SMARTS) is 1. The molecule has 0 heterocycles. The number of amides is 2. The van der Waals surface area contributed by atoms with Crippen LogP contribution in [-0.4, -0.2) is 28.9 Å². The summed E-state index contributed by atoms with van der Waals surface area (Å²) in [6, 6.07) is -1.22. The highest BCUT2D eigenvalue weighted by Gasteiger charge is 2.40. The van der Waals surface area contributed by atoms with E-state index in [1.54, 1.807) is 0 Å². The van der Waals surface area contributed by atoms with Crippen LogP contribution in [0.3, 0.4) is 0 Å². The molecule has 0 saturated heterocycles. The lowest BCUT2D eigenvalue weighted by molar-refractivity contribution is -0.144. The summed E-state index contributed by atoms with van der Waals surface area (Å²) in [5, 5.41) is 11.3. The third-order valence-electron chi connectivity index (χ3n) is 3.64. The van der Waals surface area contributed by atoms with E-state index in [1.165, 1.54) is 0 Å². The third kappa shape index (κ3) is 2.52. The Morgan fingerprint density at radius 1 is 1.33 bits per heavy atom. The van der Waals surface area contributed by atoms with Crippen molar-refractivity contribution in [2.24, 2.45) is 23.5 Å². The number of fused-ring (bicyclic) bond motifs is 2. The van der Waals surface area contributed by atoms with Gasteiger partial charge in [0.2, 0.25) is 11.8 Å². The zero-order valence-electron chi connectivity index (χ0n) is 9.83. The van der Waals surface area contributed by atoms with Crippen LogP contribution in [0.1, 0.15) is 19.3 Å². The van der Waals surface area contributed by atoms with Gasteiger partial charge in [-0.3, -0.25) is 9.59 Å². The number of nitrogens with one attached hydrogen (secondary N) is 1. The number of rotatable bonds is 5. The standard InChI is InChI=1S/C12H16N2O4/c13-10(15)5-9(12(17)18)14-11(16)8-4-6-1-2-7(8)3-6/h1-2,6-9H,3-5H2,(H2,13,15)(H,14,16)(H,17,18). The first-order valence-corrected chi connectivity index (χ1v) is 5.97. The number of nitrogens with two attached hydrogens (primary N) is 1. The molecule has 2 amide bonds. The molecule has 0 spiro atoms. The van der Waals surface area contributed by atoms with Crippen LogP contribution in [-0.2, 0) is 14.4 Å². The average molecular weight is 252 g/mol. The fourth-order valence-corrected chi connectivity index (χ4v) is 2.76. The van der Waals surface area contributed by atoms with Gasteiger partial charge in [0.25, 0.3) is 0 Å². The van der Waals surface area contributed by atoms with Crippen LogP contribution in [0.4, 0.5) is 0 Å². The van der Waals surface area contributed by atoms with Crippen LogP contribution >= 0.6 is 0 Å². The van der Waals surface area contributed by atoms with Gasteiger partial charge in [0.1, 0.15) is 6.04 Å². The zero-order chi connectivity index (χ0) is 13.3. The second-order valence-electron chi connectivity index (χ2n) is 4.96. The Balaban J connectivity index is 1.95. The van der Waals surface area contributed by atoms with Crippen molar-refractivity contribution in [3.05, 3.63) is 12.2 Å². The van der Waals surface area contributed by atoms with Crippen LogP contribution < -0.4 is 11.1 Å². The van der Waals surface area contributed by atoms with E-state index < -0.39 is 17.9 Å². The van der Waals surface area contributed by atoms with Crippen LogP contribution in [0.25, 0.3) is 0 Å². The van der Waals surface area contributed by atoms with E-state index in [2.05, 4.69) is 11.4 Å². The molecule has 1 saturated carbocycles. The maximum atomic E-state index is 12.0. The molecule has 0 radical (unpaired) electrons. The first-order valence-electron chi connectivity index (χ1n) is 5.97. The van der Waals surface area contributed by atoms with Crippen molar-refractivity contribution in [3.8, 4) is 0 Å². The summed E-state index contributed by atoms with van der Waals surface area (Å²) in [6.07, 6.45) is 5.47. The fraction of sp³-hybridized carbons (Fsp3) is 0.583. The van der Waals surface area contributed by atoms with Gasteiger partial charge in [-0.2, -0.15) is 0 Å². The molecule has 2 bridgehead atoms. The first-order chi connectivity index (χ1) is 8.47. The smallest absolute Gasteiger partial charge is 0.326 e. The molecule has 2 rings (SSSR count). The maximum absolute atomic E-state index is 12.0. The molecule has 98 valence electrons. The van der Waals surface area contributed by atoms with Gasteiger partial charge in [0, 0.05) is 5.92 Å². The lowest BCUT2D eigenvalue weighted by Gasteiger charge is -2.20. The molecular weight excluding hydrogens is 236 g/mol. The summed E-state index contributed by atoms with van der Waals surface area (Å²) < 4.78 is 0. The summed E-state index contributed by atoms with van der Waals surface area (Å²) in [7, 11) is 0. The molecule has 0 aromatic heterocycles. The Bertz CT molecular complexity index is 418. The molecule has 4 N–H and O–H groups in total. The van der Waals surface area contributed by atoms with Crippen molar-refractivity contribution in [1.29, 1.82) is 0 Å². The topological polar surface area (TPSA) is 109 Å². The monoisotopic (exact) mass is 252 g/mol. The van der Waals surface area contributed by atoms with Crippen LogP contribution in [0, 0.1) is 17.8 Å². The van der Waals surface area contributed by atoms with Gasteiger partial charge in [-0.25, -0.2) is 4.79 Å². The third-order valence-corrected chi connectivity index (χ3v) is 3.64. The van der Waals surface area contributed by atoms with Gasteiger partial charge < -0.3 is 16.2 Å². The summed E-state index contributed by atoms with van der Waals surface area (Å²) in [6.45, 7) is 0. The van der Waals surface area contributed by atoms with Crippen molar-refractivity contribution in [3.63, 3.8) is 0 Å². The highest BCUT2D eigenvalue weighted by Crippen LogP contribution is 2.43. The van der Waals surface area contributed by atoms with E-state index in [9.17, 15) is 14.4 Å². The van der Waals surface area contributed by atoms with Gasteiger partial charge in [0.15, 0.2) is 0 Å². The van der Waals surface area contributed by atoms with Crippen LogP contribution in [0.15, 0.2) is 12.2 Å². The minimum Gasteiger partial charge on any atom is -0.480 e. The molecule has 6 heteroatoms. The van der Waals surface area contributed by atoms with Crippen LogP contribution in [0.5, 0.6) is 0 Å². The maximum Gasteiger partial charge on any atom is 0.326 e. The van der Waals surface area contributed by atoms with E-state index >= 15 is 0 Å². The van der Waals surface area contributed by atoms with Gasteiger partial charge in [-0.1, -0.05) is 12.2 Å². The molecule has 4 unspecified atom stereocenters. The second kappa shape index (κ2) is 4.80. The van der Waals surface area contributed by atoms with E-state index in [0.717, 1.165) is 12.8 Å². The van der Waals surface area contributed by atoms with Crippen molar-refractivity contribution >= 4 is 17.8 Å². The minimum atomic E-state index is -1.24. The Morgan fingerprint density at radius 3 is 2.50 bits per heavy atom. The molecule has 2 aliphatic rings. The van der Waals surface area contributed by atoms with E-state index in [4.69, 9.17) is 10.8 Å². The number of carboxylic acids is 1. The molecule has 0 aliphatic heterocycles. The molecular formula is C12H16N2O4. The van der Waals surface area contributed by atoms with Crippen molar-refractivity contribution in [2.45, 2.75) is 25.3 Å². The number of hydrogen-bond acceptors (Lipinski definition) is 3. The molecule has 4 atom stereocenters. The molecule has 18 heavy (non-hydrogen) atoms. The number of primary amides is 1. The van der Waals surface area contributed by atoms with E-state index in [-0.39, 0.29) is 24.2 Å². The Kier molecular flexibility index (Phi) is 3.36. The first kappa shape index (κ1) is 12.6. The molecule has 2 aliphatic carbocycles. The van der Waals surface area contributed by atoms with E-state index in [1.807, 2.05) is 6.08 Å². The van der Waals surface area contributed by atoms with Gasteiger partial charge in [-0.05, 0) is 24.7 Å².